The minimum atomic E-state index is -0.401. The average molecular weight is 228 g/mol. The number of nitrogens with one attached hydrogen (secondary N) is 1. The summed E-state index contributed by atoms with van der Waals surface area (Å²) in [6.07, 6.45) is 5.56. The SMILES string of the molecule is CCCN(CC)CCNCC1(O)CCCC1. The Balaban J connectivity index is 2.06. The number of likely N-dealkylation sites (N-methyl/N-ethyl adjacent to an activating group) is 1. The van der Waals surface area contributed by atoms with Crippen molar-refractivity contribution < 1.29 is 5.11 Å². The maximum absolute atomic E-state index is 10.1. The summed E-state index contributed by atoms with van der Waals surface area (Å²) in [5.74, 6) is 0. The quantitative estimate of drug-likeness (QED) is 0.620. The van der Waals surface area contributed by atoms with Crippen LogP contribution >= 0.6 is 0 Å². The minimum absolute atomic E-state index is 0.401. The van der Waals surface area contributed by atoms with Crippen LogP contribution in [-0.2, 0) is 0 Å². The molecule has 96 valence electrons. The molecule has 1 saturated carbocycles. The first kappa shape index (κ1) is 13.9. The summed E-state index contributed by atoms with van der Waals surface area (Å²) in [5, 5.41) is 13.5. The molecule has 0 aromatic rings. The van der Waals surface area contributed by atoms with Crippen molar-refractivity contribution in [2.75, 3.05) is 32.7 Å². The van der Waals surface area contributed by atoms with Gasteiger partial charge in [-0.05, 0) is 32.4 Å². The molecule has 1 rings (SSSR count). The number of rotatable bonds is 8. The Hall–Kier alpha value is -0.120. The maximum atomic E-state index is 10.1. The smallest absolute Gasteiger partial charge is 0.0771 e. The Morgan fingerprint density at radius 1 is 1.19 bits per heavy atom. The van der Waals surface area contributed by atoms with Gasteiger partial charge in [-0.2, -0.15) is 0 Å². The lowest BCUT2D eigenvalue weighted by atomic mass is 10.0. The molecule has 0 heterocycles. The second-order valence-corrected chi connectivity index (χ2v) is 5.04. The highest BCUT2D eigenvalue weighted by molar-refractivity contribution is 4.86. The standard InChI is InChI=1S/C13H28N2O/c1-3-10-15(4-2)11-9-14-12-13(16)7-5-6-8-13/h14,16H,3-12H2,1-2H3. The monoisotopic (exact) mass is 228 g/mol. The Kier molecular flexibility index (Phi) is 6.32. The summed E-state index contributed by atoms with van der Waals surface area (Å²) in [6, 6.07) is 0. The van der Waals surface area contributed by atoms with E-state index in [2.05, 4.69) is 24.1 Å². The second kappa shape index (κ2) is 7.25. The van der Waals surface area contributed by atoms with Crippen molar-refractivity contribution in [1.82, 2.24) is 10.2 Å². The van der Waals surface area contributed by atoms with Gasteiger partial charge in [-0.3, -0.25) is 0 Å². The molecule has 1 aliphatic carbocycles. The van der Waals surface area contributed by atoms with Gasteiger partial charge >= 0.3 is 0 Å². The van der Waals surface area contributed by atoms with Crippen molar-refractivity contribution in [2.45, 2.75) is 51.6 Å². The molecule has 0 spiro atoms. The third kappa shape index (κ3) is 4.81. The van der Waals surface area contributed by atoms with Gasteiger partial charge in [0.2, 0.25) is 0 Å². The number of nitrogens with zero attached hydrogens (tertiary/aromatic N) is 1. The molecule has 3 nitrogen and oxygen atoms in total. The number of aliphatic hydroxyl groups is 1. The minimum Gasteiger partial charge on any atom is -0.389 e. The third-order valence-corrected chi connectivity index (χ3v) is 3.58. The van der Waals surface area contributed by atoms with Crippen LogP contribution < -0.4 is 5.32 Å². The lowest BCUT2D eigenvalue weighted by molar-refractivity contribution is 0.0473. The number of hydrogen-bond acceptors (Lipinski definition) is 3. The van der Waals surface area contributed by atoms with E-state index in [0.29, 0.717) is 0 Å². The van der Waals surface area contributed by atoms with Gasteiger partial charge in [-0.15, -0.1) is 0 Å². The molecule has 0 aromatic heterocycles. The van der Waals surface area contributed by atoms with Crippen LogP contribution in [0.15, 0.2) is 0 Å². The fourth-order valence-electron chi connectivity index (χ4n) is 2.51. The Bertz CT molecular complexity index is 179. The highest BCUT2D eigenvalue weighted by Gasteiger charge is 2.30. The van der Waals surface area contributed by atoms with E-state index in [-0.39, 0.29) is 0 Å². The fraction of sp³-hybridized carbons (Fsp3) is 1.00. The van der Waals surface area contributed by atoms with E-state index < -0.39 is 5.60 Å². The lowest BCUT2D eigenvalue weighted by Crippen LogP contribution is -2.41. The van der Waals surface area contributed by atoms with E-state index in [4.69, 9.17) is 0 Å². The molecular weight excluding hydrogens is 200 g/mol. The highest BCUT2D eigenvalue weighted by atomic mass is 16.3. The van der Waals surface area contributed by atoms with Crippen LogP contribution in [0.5, 0.6) is 0 Å². The van der Waals surface area contributed by atoms with Gasteiger partial charge in [0, 0.05) is 19.6 Å². The molecule has 16 heavy (non-hydrogen) atoms. The normalized spacial score (nSPS) is 19.5. The summed E-state index contributed by atoms with van der Waals surface area (Å²) in [5.41, 5.74) is -0.401. The van der Waals surface area contributed by atoms with Crippen molar-refractivity contribution in [1.29, 1.82) is 0 Å². The summed E-state index contributed by atoms with van der Waals surface area (Å²) in [7, 11) is 0. The van der Waals surface area contributed by atoms with Crippen LogP contribution in [0.2, 0.25) is 0 Å². The largest absolute Gasteiger partial charge is 0.389 e. The highest BCUT2D eigenvalue weighted by Crippen LogP contribution is 2.28. The molecule has 2 N–H and O–H groups in total. The van der Waals surface area contributed by atoms with Crippen LogP contribution in [0.1, 0.15) is 46.0 Å². The fourth-order valence-corrected chi connectivity index (χ4v) is 2.51. The molecule has 0 unspecified atom stereocenters. The molecule has 0 aromatic carbocycles. The first-order chi connectivity index (χ1) is 7.70. The van der Waals surface area contributed by atoms with Gasteiger partial charge in [0.15, 0.2) is 0 Å². The van der Waals surface area contributed by atoms with Gasteiger partial charge < -0.3 is 15.3 Å². The van der Waals surface area contributed by atoms with Crippen molar-refractivity contribution in [3.8, 4) is 0 Å². The summed E-state index contributed by atoms with van der Waals surface area (Å²) in [6.45, 7) is 9.60. The van der Waals surface area contributed by atoms with Crippen LogP contribution in [-0.4, -0.2) is 48.3 Å². The van der Waals surface area contributed by atoms with Crippen molar-refractivity contribution in [3.05, 3.63) is 0 Å². The molecular formula is C13H28N2O. The molecule has 0 bridgehead atoms. The molecule has 1 aliphatic rings. The zero-order valence-corrected chi connectivity index (χ0v) is 11.0. The predicted molar refractivity (Wildman–Crippen MR) is 68.7 cm³/mol. The first-order valence-electron chi connectivity index (χ1n) is 6.85. The van der Waals surface area contributed by atoms with Gasteiger partial charge in [0.25, 0.3) is 0 Å². The Morgan fingerprint density at radius 2 is 1.88 bits per heavy atom. The third-order valence-electron chi connectivity index (χ3n) is 3.58. The van der Waals surface area contributed by atoms with Crippen LogP contribution in [0.25, 0.3) is 0 Å². The van der Waals surface area contributed by atoms with E-state index in [0.717, 1.165) is 39.0 Å². The van der Waals surface area contributed by atoms with E-state index in [9.17, 15) is 5.11 Å². The summed E-state index contributed by atoms with van der Waals surface area (Å²) >= 11 is 0. The maximum Gasteiger partial charge on any atom is 0.0771 e. The van der Waals surface area contributed by atoms with E-state index in [1.54, 1.807) is 0 Å². The predicted octanol–water partition coefficient (Wildman–Crippen LogP) is 1.61. The van der Waals surface area contributed by atoms with Crippen molar-refractivity contribution in [2.24, 2.45) is 0 Å². The van der Waals surface area contributed by atoms with Gasteiger partial charge in [-0.25, -0.2) is 0 Å². The van der Waals surface area contributed by atoms with Gasteiger partial charge in [0.05, 0.1) is 5.60 Å². The van der Waals surface area contributed by atoms with Crippen LogP contribution in [0.3, 0.4) is 0 Å². The molecule has 0 saturated heterocycles. The molecule has 0 amide bonds. The topological polar surface area (TPSA) is 35.5 Å². The zero-order valence-electron chi connectivity index (χ0n) is 11.0. The summed E-state index contributed by atoms with van der Waals surface area (Å²) < 4.78 is 0. The van der Waals surface area contributed by atoms with E-state index >= 15 is 0 Å². The van der Waals surface area contributed by atoms with Gasteiger partial charge in [0.1, 0.15) is 0 Å². The van der Waals surface area contributed by atoms with Crippen molar-refractivity contribution in [3.63, 3.8) is 0 Å². The van der Waals surface area contributed by atoms with Crippen LogP contribution in [0.4, 0.5) is 0 Å². The Labute approximate surface area is 100 Å². The Morgan fingerprint density at radius 3 is 2.44 bits per heavy atom. The second-order valence-electron chi connectivity index (χ2n) is 5.04. The first-order valence-corrected chi connectivity index (χ1v) is 6.85. The van der Waals surface area contributed by atoms with E-state index in [1.807, 2.05) is 0 Å². The lowest BCUT2D eigenvalue weighted by Gasteiger charge is -2.24. The van der Waals surface area contributed by atoms with Crippen LogP contribution in [0, 0.1) is 0 Å². The van der Waals surface area contributed by atoms with Crippen molar-refractivity contribution >= 4 is 0 Å². The molecule has 1 fully saturated rings. The summed E-state index contributed by atoms with van der Waals surface area (Å²) in [4.78, 5) is 2.45. The molecule has 3 heteroatoms. The average Bonchev–Trinajstić information content (AvgIpc) is 2.70. The van der Waals surface area contributed by atoms with Gasteiger partial charge in [-0.1, -0.05) is 26.7 Å². The number of hydrogen-bond donors (Lipinski definition) is 2. The molecule has 0 radical (unpaired) electrons. The van der Waals surface area contributed by atoms with E-state index in [1.165, 1.54) is 25.8 Å². The zero-order chi connectivity index (χ0) is 11.9. The molecule has 0 atom stereocenters. The molecule has 0 aliphatic heterocycles.